The number of nitrogens with one attached hydrogen (secondary N) is 1. The van der Waals surface area contributed by atoms with Crippen LogP contribution in [0.4, 0.5) is 5.69 Å². The Morgan fingerprint density at radius 3 is 2.56 bits per heavy atom. The molecular formula is C20H30N4O3. The summed E-state index contributed by atoms with van der Waals surface area (Å²) in [5.41, 5.74) is 0.970. The summed E-state index contributed by atoms with van der Waals surface area (Å²) in [6.45, 7) is 7.63. The quantitative estimate of drug-likeness (QED) is 0.704. The summed E-state index contributed by atoms with van der Waals surface area (Å²) >= 11 is 0. The van der Waals surface area contributed by atoms with E-state index in [1.165, 1.54) is 0 Å². The summed E-state index contributed by atoms with van der Waals surface area (Å²) < 4.78 is 5.06. The Morgan fingerprint density at radius 1 is 1.30 bits per heavy atom. The van der Waals surface area contributed by atoms with Crippen LogP contribution in [0, 0.1) is 5.41 Å². The molecule has 1 N–H and O–H groups in total. The first-order valence-electron chi connectivity index (χ1n) is 9.25. The summed E-state index contributed by atoms with van der Waals surface area (Å²) in [7, 11) is 4.02. The standard InChI is InChI=1S/C20H30N4O3/c1-6-27-19(26)16-12-17(24(22-16)15-10-8-7-9-11-15)18(25)21-13-20(2,3)14-23(4)5/h7-11,17H,6,12-14H2,1-5H3,(H,21,25). The Bertz CT molecular complexity index is 686. The highest BCUT2D eigenvalue weighted by atomic mass is 16.5. The molecule has 0 saturated carbocycles. The monoisotopic (exact) mass is 374 g/mol. The van der Waals surface area contributed by atoms with Gasteiger partial charge in [0, 0.05) is 19.5 Å². The number of amides is 1. The van der Waals surface area contributed by atoms with Gasteiger partial charge >= 0.3 is 5.97 Å². The number of benzene rings is 1. The van der Waals surface area contributed by atoms with E-state index in [0.717, 1.165) is 12.2 Å². The molecule has 1 unspecified atom stereocenters. The van der Waals surface area contributed by atoms with E-state index >= 15 is 0 Å². The van der Waals surface area contributed by atoms with Crippen molar-refractivity contribution in [2.24, 2.45) is 10.5 Å². The summed E-state index contributed by atoms with van der Waals surface area (Å²) in [6, 6.07) is 8.82. The van der Waals surface area contributed by atoms with Crippen LogP contribution >= 0.6 is 0 Å². The van der Waals surface area contributed by atoms with Crippen LogP contribution in [0.25, 0.3) is 0 Å². The van der Waals surface area contributed by atoms with Gasteiger partial charge in [-0.3, -0.25) is 9.80 Å². The summed E-state index contributed by atoms with van der Waals surface area (Å²) in [5.74, 6) is -0.615. The van der Waals surface area contributed by atoms with Crippen molar-refractivity contribution in [1.29, 1.82) is 0 Å². The summed E-state index contributed by atoms with van der Waals surface area (Å²) in [5, 5.41) is 9.02. The van der Waals surface area contributed by atoms with E-state index in [-0.39, 0.29) is 30.1 Å². The third-order valence-electron chi connectivity index (χ3n) is 4.23. The first-order chi connectivity index (χ1) is 12.7. The van der Waals surface area contributed by atoms with Crippen molar-refractivity contribution in [2.45, 2.75) is 33.2 Å². The fraction of sp³-hybridized carbons (Fsp3) is 0.550. The number of hydrogen-bond acceptors (Lipinski definition) is 6. The number of rotatable bonds is 8. The van der Waals surface area contributed by atoms with E-state index in [1.807, 2.05) is 44.4 Å². The maximum atomic E-state index is 12.9. The van der Waals surface area contributed by atoms with Crippen LogP contribution in [0.5, 0.6) is 0 Å². The number of para-hydroxylation sites is 1. The van der Waals surface area contributed by atoms with E-state index in [2.05, 4.69) is 29.2 Å². The van der Waals surface area contributed by atoms with Crippen molar-refractivity contribution >= 4 is 23.3 Å². The zero-order valence-electron chi connectivity index (χ0n) is 16.9. The van der Waals surface area contributed by atoms with Crippen LogP contribution in [-0.4, -0.2) is 62.3 Å². The molecule has 2 rings (SSSR count). The van der Waals surface area contributed by atoms with Gasteiger partial charge in [0.2, 0.25) is 5.91 Å². The molecule has 27 heavy (non-hydrogen) atoms. The normalized spacial score (nSPS) is 17.0. The molecule has 0 saturated heterocycles. The molecule has 1 amide bonds. The van der Waals surface area contributed by atoms with Crippen molar-refractivity contribution < 1.29 is 14.3 Å². The fourth-order valence-corrected chi connectivity index (χ4v) is 3.23. The van der Waals surface area contributed by atoms with Crippen LogP contribution in [0.1, 0.15) is 27.2 Å². The summed E-state index contributed by atoms with van der Waals surface area (Å²) in [6.07, 6.45) is 0.230. The molecule has 0 fully saturated rings. The van der Waals surface area contributed by atoms with Crippen molar-refractivity contribution in [1.82, 2.24) is 10.2 Å². The number of nitrogens with zero attached hydrogens (tertiary/aromatic N) is 3. The number of anilines is 1. The molecule has 1 aliphatic rings. The third kappa shape index (κ3) is 5.79. The first kappa shape index (κ1) is 20.9. The molecule has 1 aromatic rings. The smallest absolute Gasteiger partial charge is 0.354 e. The Kier molecular flexibility index (Phi) is 6.96. The minimum atomic E-state index is -0.568. The second-order valence-corrected chi connectivity index (χ2v) is 7.79. The minimum Gasteiger partial charge on any atom is -0.461 e. The largest absolute Gasteiger partial charge is 0.461 e. The molecule has 0 bridgehead atoms. The molecule has 0 radical (unpaired) electrons. The number of hydrazone groups is 1. The van der Waals surface area contributed by atoms with Crippen LogP contribution < -0.4 is 10.3 Å². The Balaban J connectivity index is 2.13. The Labute approximate surface area is 161 Å². The van der Waals surface area contributed by atoms with Gasteiger partial charge in [-0.15, -0.1) is 0 Å². The topological polar surface area (TPSA) is 74.2 Å². The second kappa shape index (κ2) is 8.99. The van der Waals surface area contributed by atoms with E-state index < -0.39 is 12.0 Å². The van der Waals surface area contributed by atoms with Crippen LogP contribution in [0.3, 0.4) is 0 Å². The van der Waals surface area contributed by atoms with Crippen LogP contribution in [0.15, 0.2) is 35.4 Å². The highest BCUT2D eigenvalue weighted by molar-refractivity contribution is 6.38. The second-order valence-electron chi connectivity index (χ2n) is 7.79. The van der Waals surface area contributed by atoms with Gasteiger partial charge in [0.05, 0.1) is 12.3 Å². The number of esters is 1. The average Bonchev–Trinajstić information content (AvgIpc) is 3.05. The van der Waals surface area contributed by atoms with Gasteiger partial charge in [-0.25, -0.2) is 4.79 Å². The van der Waals surface area contributed by atoms with Gasteiger partial charge in [0.15, 0.2) is 0 Å². The van der Waals surface area contributed by atoms with Gasteiger partial charge < -0.3 is 15.0 Å². The van der Waals surface area contributed by atoms with Crippen molar-refractivity contribution in [3.63, 3.8) is 0 Å². The van der Waals surface area contributed by atoms with Crippen LogP contribution in [0.2, 0.25) is 0 Å². The molecule has 0 spiro atoms. The molecule has 0 aromatic heterocycles. The lowest BCUT2D eigenvalue weighted by atomic mass is 9.92. The first-order valence-corrected chi connectivity index (χ1v) is 9.25. The average molecular weight is 374 g/mol. The zero-order valence-corrected chi connectivity index (χ0v) is 16.9. The lowest BCUT2D eigenvalue weighted by Gasteiger charge is -2.30. The van der Waals surface area contributed by atoms with Gasteiger partial charge in [0.25, 0.3) is 0 Å². The van der Waals surface area contributed by atoms with Crippen molar-refractivity contribution in [3.05, 3.63) is 30.3 Å². The highest BCUT2D eigenvalue weighted by Gasteiger charge is 2.37. The van der Waals surface area contributed by atoms with E-state index in [9.17, 15) is 9.59 Å². The van der Waals surface area contributed by atoms with Gasteiger partial charge in [-0.05, 0) is 38.6 Å². The minimum absolute atomic E-state index is 0.0693. The molecule has 1 atom stereocenters. The molecule has 148 valence electrons. The molecule has 0 aliphatic carbocycles. The lowest BCUT2D eigenvalue weighted by molar-refractivity contribution is -0.135. The molecule has 7 heteroatoms. The van der Waals surface area contributed by atoms with Crippen LogP contribution in [-0.2, 0) is 14.3 Å². The Morgan fingerprint density at radius 2 is 1.96 bits per heavy atom. The number of carbonyl (C=O) groups is 2. The maximum Gasteiger partial charge on any atom is 0.354 e. The van der Waals surface area contributed by atoms with Crippen molar-refractivity contribution in [2.75, 3.05) is 38.8 Å². The third-order valence-corrected chi connectivity index (χ3v) is 4.23. The number of carbonyl (C=O) groups excluding carboxylic acids is 2. The molecule has 7 nitrogen and oxygen atoms in total. The predicted molar refractivity (Wildman–Crippen MR) is 107 cm³/mol. The molecular weight excluding hydrogens is 344 g/mol. The molecule has 1 heterocycles. The van der Waals surface area contributed by atoms with E-state index in [1.54, 1.807) is 11.9 Å². The number of ether oxygens (including phenoxy) is 1. The zero-order chi connectivity index (χ0) is 20.0. The fourth-order valence-electron chi connectivity index (χ4n) is 3.23. The van der Waals surface area contributed by atoms with E-state index in [0.29, 0.717) is 6.54 Å². The maximum absolute atomic E-state index is 12.9. The predicted octanol–water partition coefficient (Wildman–Crippen LogP) is 1.89. The van der Waals surface area contributed by atoms with Crippen molar-refractivity contribution in [3.8, 4) is 0 Å². The van der Waals surface area contributed by atoms with Gasteiger partial charge in [0.1, 0.15) is 11.8 Å². The summed E-state index contributed by atoms with van der Waals surface area (Å²) in [4.78, 5) is 27.1. The highest BCUT2D eigenvalue weighted by Crippen LogP contribution is 2.25. The van der Waals surface area contributed by atoms with E-state index in [4.69, 9.17) is 4.74 Å². The molecule has 1 aromatic carbocycles. The number of hydrogen-bond donors (Lipinski definition) is 1. The lowest BCUT2D eigenvalue weighted by Crippen LogP contribution is -2.47. The molecule has 1 aliphatic heterocycles. The van der Waals surface area contributed by atoms with Gasteiger partial charge in [-0.2, -0.15) is 5.10 Å². The SMILES string of the molecule is CCOC(=O)C1=NN(c2ccccc2)C(C(=O)NCC(C)(C)CN(C)C)C1. The van der Waals surface area contributed by atoms with Gasteiger partial charge in [-0.1, -0.05) is 32.0 Å². The Hall–Kier alpha value is -2.41.